The van der Waals surface area contributed by atoms with Crippen LogP contribution in [0, 0.1) is 0 Å². The summed E-state index contributed by atoms with van der Waals surface area (Å²) in [5.74, 6) is -1.51. The number of nitrogens with zero attached hydrogens (tertiary/aromatic N) is 6. The van der Waals surface area contributed by atoms with Gasteiger partial charge in [-0.2, -0.15) is 0 Å². The number of rotatable bonds is 6. The summed E-state index contributed by atoms with van der Waals surface area (Å²) in [5.41, 5.74) is -3.87. The fraction of sp³-hybridized carbons (Fsp3) is 0.846. The van der Waals surface area contributed by atoms with E-state index >= 15 is 0 Å². The van der Waals surface area contributed by atoms with Crippen molar-refractivity contribution >= 4 is 24.0 Å². The van der Waals surface area contributed by atoms with Crippen LogP contribution < -0.4 is 0 Å². The summed E-state index contributed by atoms with van der Waals surface area (Å²) >= 11 is 0. The van der Waals surface area contributed by atoms with E-state index in [1.807, 2.05) is 0 Å². The molecule has 0 unspecified atom stereocenters. The second-order valence-corrected chi connectivity index (χ2v) is 11.4. The molecule has 6 rings (SSSR count). The van der Waals surface area contributed by atoms with E-state index in [0.717, 1.165) is 51.4 Å². The fourth-order valence-corrected chi connectivity index (χ4v) is 7.90. The number of amides is 4. The van der Waals surface area contributed by atoms with Gasteiger partial charge in [0.15, 0.2) is 0 Å². The van der Waals surface area contributed by atoms with Gasteiger partial charge in [-0.15, -0.1) is 0 Å². The summed E-state index contributed by atoms with van der Waals surface area (Å²) in [6.45, 7) is 4.11. The van der Waals surface area contributed by atoms with E-state index < -0.39 is 35.3 Å². The van der Waals surface area contributed by atoms with Crippen molar-refractivity contribution in [2.75, 3.05) is 39.9 Å². The number of hydrogen-bond donors (Lipinski definition) is 0. The van der Waals surface area contributed by atoms with Gasteiger partial charge in [0.05, 0.1) is 39.9 Å². The molecule has 4 aliphatic heterocycles. The molecular formula is C26H40N6O6. The highest BCUT2D eigenvalue weighted by molar-refractivity contribution is 6.09. The maximum atomic E-state index is 14.3. The minimum absolute atomic E-state index is 0.0596. The summed E-state index contributed by atoms with van der Waals surface area (Å²) in [4.78, 5) is 66.8. The van der Waals surface area contributed by atoms with Gasteiger partial charge in [-0.3, -0.25) is 29.4 Å². The molecule has 0 aromatic heterocycles. The highest BCUT2D eigenvalue weighted by Gasteiger charge is 2.89. The Morgan fingerprint density at radius 3 is 1.24 bits per heavy atom. The predicted octanol–water partition coefficient (Wildman–Crippen LogP) is 2.11. The van der Waals surface area contributed by atoms with Gasteiger partial charge < -0.3 is 9.47 Å². The van der Waals surface area contributed by atoms with E-state index in [9.17, 15) is 19.2 Å². The van der Waals surface area contributed by atoms with Gasteiger partial charge in [0.1, 0.15) is 0 Å². The Hall–Kier alpha value is -2.60. The van der Waals surface area contributed by atoms with Crippen LogP contribution >= 0.6 is 0 Å². The zero-order valence-electron chi connectivity index (χ0n) is 22.6. The summed E-state index contributed by atoms with van der Waals surface area (Å²) in [6, 6.07) is -0.470. The topological polar surface area (TPSA) is 106 Å². The first-order valence-electron chi connectivity index (χ1n) is 14.4. The molecular weight excluding hydrogens is 492 g/mol. The second-order valence-electron chi connectivity index (χ2n) is 11.4. The van der Waals surface area contributed by atoms with Gasteiger partial charge in [0.2, 0.25) is 0 Å². The van der Waals surface area contributed by atoms with Crippen LogP contribution in [-0.2, 0) is 19.1 Å². The first-order chi connectivity index (χ1) is 18.4. The van der Waals surface area contributed by atoms with Crippen molar-refractivity contribution in [3.8, 4) is 0 Å². The van der Waals surface area contributed by atoms with E-state index in [1.165, 1.54) is 32.4 Å². The van der Waals surface area contributed by atoms with Crippen molar-refractivity contribution in [3.63, 3.8) is 0 Å². The van der Waals surface area contributed by atoms with Crippen LogP contribution in [0.4, 0.5) is 9.59 Å². The normalized spacial score (nSPS) is 32.7. The minimum Gasteiger partial charge on any atom is -0.463 e. The van der Waals surface area contributed by atoms with E-state index in [0.29, 0.717) is 0 Å². The lowest BCUT2D eigenvalue weighted by Gasteiger charge is -2.53. The lowest BCUT2D eigenvalue weighted by atomic mass is 9.88. The number of ether oxygens (including phenoxy) is 2. The molecule has 0 N–H and O–H groups in total. The summed E-state index contributed by atoms with van der Waals surface area (Å²) in [7, 11) is 0. The Bertz CT molecular complexity index is 885. The van der Waals surface area contributed by atoms with Crippen molar-refractivity contribution in [3.05, 3.63) is 0 Å². The smallest absolute Gasteiger partial charge is 0.359 e. The first-order valence-corrected chi connectivity index (χ1v) is 14.4. The number of carbonyl (C=O) groups excluding carboxylic acids is 4. The third kappa shape index (κ3) is 3.22. The molecule has 210 valence electrons. The Labute approximate surface area is 223 Å². The molecule has 4 saturated heterocycles. The van der Waals surface area contributed by atoms with Crippen molar-refractivity contribution in [1.29, 1.82) is 0 Å². The molecule has 38 heavy (non-hydrogen) atoms. The third-order valence-electron chi connectivity index (χ3n) is 9.57. The number of hydrogen-bond acceptors (Lipinski definition) is 8. The van der Waals surface area contributed by atoms with Crippen molar-refractivity contribution in [2.45, 2.75) is 101 Å². The standard InChI is InChI=1S/C26H40N6O6/c1-3-37-21(33)25-26(22(34)38-4-2)31-17-28(20-13-9-6-10-14-20)18-32(26)24(36)30(25)16-27(15-29(25)23(31)35)19-11-7-5-8-12-19/h19-20H,3-18H2,1-2H3. The largest absolute Gasteiger partial charge is 0.463 e. The molecule has 0 spiro atoms. The van der Waals surface area contributed by atoms with Gasteiger partial charge >= 0.3 is 24.0 Å². The van der Waals surface area contributed by atoms with Crippen molar-refractivity contribution < 1.29 is 28.7 Å². The lowest BCUT2D eigenvalue weighted by molar-refractivity contribution is -0.211. The first kappa shape index (κ1) is 25.7. The second kappa shape index (κ2) is 9.55. The van der Waals surface area contributed by atoms with E-state index in [4.69, 9.17) is 9.47 Å². The number of esters is 2. The molecule has 0 aromatic rings. The van der Waals surface area contributed by atoms with E-state index in [2.05, 4.69) is 9.80 Å². The van der Waals surface area contributed by atoms with Crippen molar-refractivity contribution in [1.82, 2.24) is 29.4 Å². The molecule has 2 aliphatic carbocycles. The molecule has 4 amide bonds. The van der Waals surface area contributed by atoms with Gasteiger partial charge in [-0.25, -0.2) is 19.2 Å². The van der Waals surface area contributed by atoms with Gasteiger partial charge in [0.25, 0.3) is 11.3 Å². The van der Waals surface area contributed by atoms with Crippen molar-refractivity contribution in [2.24, 2.45) is 0 Å². The van der Waals surface area contributed by atoms with E-state index in [-0.39, 0.29) is 52.0 Å². The van der Waals surface area contributed by atoms with Crippen LogP contribution in [-0.4, -0.2) is 117 Å². The van der Waals surface area contributed by atoms with Crippen LogP contribution in [0.15, 0.2) is 0 Å². The molecule has 0 bridgehead atoms. The lowest BCUT2D eigenvalue weighted by Crippen LogP contribution is -2.81. The zero-order valence-corrected chi connectivity index (χ0v) is 22.6. The molecule has 2 saturated carbocycles. The molecule has 0 radical (unpaired) electrons. The van der Waals surface area contributed by atoms with Gasteiger partial charge in [-0.1, -0.05) is 38.5 Å². The van der Waals surface area contributed by atoms with E-state index in [1.54, 1.807) is 13.8 Å². The fourth-order valence-electron chi connectivity index (χ4n) is 7.90. The van der Waals surface area contributed by atoms with Crippen LogP contribution in [0.3, 0.4) is 0 Å². The number of carbonyl (C=O) groups is 4. The molecule has 6 aliphatic rings. The van der Waals surface area contributed by atoms with Crippen LogP contribution in [0.2, 0.25) is 0 Å². The quantitative estimate of drug-likeness (QED) is 0.479. The Balaban J connectivity index is 1.49. The average molecular weight is 533 g/mol. The highest BCUT2D eigenvalue weighted by Crippen LogP contribution is 2.56. The molecule has 12 heteroatoms. The average Bonchev–Trinajstić information content (AvgIpc) is 3.33. The molecule has 6 fully saturated rings. The molecule has 4 heterocycles. The third-order valence-corrected chi connectivity index (χ3v) is 9.57. The molecule has 12 nitrogen and oxygen atoms in total. The predicted molar refractivity (Wildman–Crippen MR) is 134 cm³/mol. The maximum Gasteiger partial charge on any atom is 0.359 e. The maximum absolute atomic E-state index is 14.3. The Morgan fingerprint density at radius 2 is 0.947 bits per heavy atom. The zero-order chi connectivity index (χ0) is 26.7. The van der Waals surface area contributed by atoms with Crippen LogP contribution in [0.1, 0.15) is 78.1 Å². The Kier molecular flexibility index (Phi) is 6.45. The molecule has 0 aromatic carbocycles. The summed E-state index contributed by atoms with van der Waals surface area (Å²) < 4.78 is 11.2. The summed E-state index contributed by atoms with van der Waals surface area (Å²) in [5, 5.41) is 0. The summed E-state index contributed by atoms with van der Waals surface area (Å²) in [6.07, 6.45) is 10.6. The van der Waals surface area contributed by atoms with Crippen LogP contribution in [0.25, 0.3) is 0 Å². The minimum atomic E-state index is -1.94. The monoisotopic (exact) mass is 532 g/mol. The SMILES string of the molecule is CCOC(=O)C12N3CN(C4CCCCC4)CN1C(=O)N1CN(C4CCCCC4)CN(C3=O)C12C(=O)OCC. The number of urea groups is 2. The molecule has 0 atom stereocenters. The van der Waals surface area contributed by atoms with Gasteiger partial charge in [0, 0.05) is 12.1 Å². The highest BCUT2D eigenvalue weighted by atomic mass is 16.6. The van der Waals surface area contributed by atoms with Crippen LogP contribution in [0.5, 0.6) is 0 Å². The van der Waals surface area contributed by atoms with Gasteiger partial charge in [-0.05, 0) is 39.5 Å². The Morgan fingerprint density at radius 1 is 0.632 bits per heavy atom.